The summed E-state index contributed by atoms with van der Waals surface area (Å²) in [5.74, 6) is -0.804. The summed E-state index contributed by atoms with van der Waals surface area (Å²) in [5, 5.41) is 13.0. The fourth-order valence-corrected chi connectivity index (χ4v) is 4.28. The molecule has 0 unspecified atom stereocenters. The lowest BCUT2D eigenvalue weighted by Crippen LogP contribution is -2.49. The van der Waals surface area contributed by atoms with E-state index in [1.54, 1.807) is 24.1 Å². The number of hydrogen-bond donors (Lipinski definition) is 3. The van der Waals surface area contributed by atoms with E-state index in [-0.39, 0.29) is 35.9 Å². The summed E-state index contributed by atoms with van der Waals surface area (Å²) in [6.45, 7) is 2.52. The van der Waals surface area contributed by atoms with Gasteiger partial charge in [0.15, 0.2) is 11.6 Å². The SMILES string of the molecule is CCCCOC(=O)N[C@H]1CCCC[C@H]1Nc1nc(-c2cnn(C)c2)c2c(c1F)CNC2=O. The summed E-state index contributed by atoms with van der Waals surface area (Å²) in [6, 6.07) is -0.400. The Balaban J connectivity index is 1.59. The average Bonchev–Trinajstić information content (AvgIpc) is 3.38. The van der Waals surface area contributed by atoms with Gasteiger partial charge < -0.3 is 20.7 Å². The molecule has 1 saturated carbocycles. The van der Waals surface area contributed by atoms with Gasteiger partial charge in [-0.05, 0) is 19.3 Å². The Bertz CT molecular complexity index is 1010. The molecule has 0 bridgehead atoms. The Labute approximate surface area is 186 Å². The van der Waals surface area contributed by atoms with Crippen molar-refractivity contribution in [1.29, 1.82) is 0 Å². The normalized spacial score (nSPS) is 19.9. The highest BCUT2D eigenvalue weighted by Gasteiger charge is 2.33. The fourth-order valence-electron chi connectivity index (χ4n) is 4.28. The summed E-state index contributed by atoms with van der Waals surface area (Å²) in [4.78, 5) is 29.1. The molecule has 1 fully saturated rings. The van der Waals surface area contributed by atoms with Crippen LogP contribution in [-0.2, 0) is 18.3 Å². The second-order valence-electron chi connectivity index (χ2n) is 8.34. The molecule has 4 rings (SSSR count). The second-order valence-corrected chi connectivity index (χ2v) is 8.34. The average molecular weight is 445 g/mol. The molecule has 2 atom stereocenters. The van der Waals surface area contributed by atoms with Crippen LogP contribution in [0.4, 0.5) is 15.0 Å². The number of hydrogen-bond acceptors (Lipinski definition) is 6. The number of carbonyl (C=O) groups excluding carboxylic acids is 2. The number of alkyl carbamates (subject to hydrolysis) is 1. The topological polar surface area (TPSA) is 110 Å². The molecule has 9 nitrogen and oxygen atoms in total. The third-order valence-corrected chi connectivity index (χ3v) is 5.99. The molecule has 2 aliphatic rings. The largest absolute Gasteiger partial charge is 0.450 e. The van der Waals surface area contributed by atoms with E-state index in [0.29, 0.717) is 23.4 Å². The number of nitrogens with one attached hydrogen (secondary N) is 3. The van der Waals surface area contributed by atoms with Gasteiger partial charge in [-0.3, -0.25) is 9.48 Å². The van der Waals surface area contributed by atoms with Gasteiger partial charge in [-0.15, -0.1) is 0 Å². The summed E-state index contributed by atoms with van der Waals surface area (Å²) >= 11 is 0. The van der Waals surface area contributed by atoms with Crippen LogP contribution in [0.2, 0.25) is 0 Å². The van der Waals surface area contributed by atoms with Crippen LogP contribution < -0.4 is 16.0 Å². The van der Waals surface area contributed by atoms with Crippen LogP contribution in [0.1, 0.15) is 61.4 Å². The first kappa shape index (κ1) is 22.0. The Hall–Kier alpha value is -3.17. The van der Waals surface area contributed by atoms with Gasteiger partial charge in [-0.1, -0.05) is 26.2 Å². The van der Waals surface area contributed by atoms with Crippen LogP contribution >= 0.6 is 0 Å². The van der Waals surface area contributed by atoms with Gasteiger partial charge >= 0.3 is 6.09 Å². The number of aryl methyl sites for hydroxylation is 1. The number of ether oxygens (including phenoxy) is 1. The standard InChI is InChI=1S/C22H29FN6O3/c1-3-4-9-32-22(31)27-16-8-6-5-7-15(16)26-20-18(23)14-11-24-21(30)17(14)19(28-20)13-10-25-29(2)12-13/h10,12,15-16H,3-9,11H2,1-2H3,(H,24,30)(H,26,28)(H,27,31)/t15-,16+/m1/s1. The number of amides is 2. The lowest BCUT2D eigenvalue weighted by molar-refractivity contribution is 0.0966. The lowest BCUT2D eigenvalue weighted by atomic mass is 9.90. The third-order valence-electron chi connectivity index (χ3n) is 5.99. The number of pyridine rings is 1. The van der Waals surface area contributed by atoms with Gasteiger partial charge in [-0.25, -0.2) is 14.2 Å². The number of aromatic nitrogens is 3. The van der Waals surface area contributed by atoms with Gasteiger partial charge in [0.2, 0.25) is 0 Å². The van der Waals surface area contributed by atoms with Gasteiger partial charge in [-0.2, -0.15) is 5.10 Å². The molecular formula is C22H29FN6O3. The summed E-state index contributed by atoms with van der Waals surface area (Å²) in [6.07, 6.45) is 8.11. The molecule has 32 heavy (non-hydrogen) atoms. The van der Waals surface area contributed by atoms with Gasteiger partial charge in [0.1, 0.15) is 0 Å². The zero-order chi connectivity index (χ0) is 22.7. The molecule has 2 aromatic rings. The van der Waals surface area contributed by atoms with Crippen LogP contribution in [-0.4, -0.2) is 45.5 Å². The molecule has 2 aromatic heterocycles. The van der Waals surface area contributed by atoms with E-state index in [2.05, 4.69) is 26.0 Å². The Kier molecular flexibility index (Phi) is 6.57. The first-order chi connectivity index (χ1) is 15.5. The maximum absolute atomic E-state index is 15.3. The first-order valence-electron chi connectivity index (χ1n) is 11.2. The Morgan fingerprint density at radius 1 is 1.34 bits per heavy atom. The molecule has 0 spiro atoms. The molecule has 1 aliphatic carbocycles. The van der Waals surface area contributed by atoms with Crippen LogP contribution in [0.15, 0.2) is 12.4 Å². The number of rotatable bonds is 7. The Morgan fingerprint density at radius 2 is 2.12 bits per heavy atom. The molecule has 0 radical (unpaired) electrons. The van der Waals surface area contributed by atoms with Gasteiger partial charge in [0.05, 0.1) is 30.1 Å². The predicted molar refractivity (Wildman–Crippen MR) is 117 cm³/mol. The smallest absolute Gasteiger partial charge is 0.407 e. The Morgan fingerprint density at radius 3 is 2.84 bits per heavy atom. The number of fused-ring (bicyclic) bond motifs is 1. The maximum Gasteiger partial charge on any atom is 0.407 e. The minimum Gasteiger partial charge on any atom is -0.450 e. The minimum absolute atomic E-state index is 0.0807. The van der Waals surface area contributed by atoms with E-state index in [9.17, 15) is 9.59 Å². The van der Waals surface area contributed by atoms with E-state index in [1.807, 2.05) is 6.92 Å². The minimum atomic E-state index is -0.541. The second kappa shape index (κ2) is 9.54. The molecule has 0 saturated heterocycles. The van der Waals surface area contributed by atoms with Gasteiger partial charge in [0.25, 0.3) is 5.91 Å². The van der Waals surface area contributed by atoms with Crippen molar-refractivity contribution in [2.24, 2.45) is 7.05 Å². The quantitative estimate of drug-likeness (QED) is 0.566. The molecule has 1 aliphatic heterocycles. The number of nitrogens with zero attached hydrogens (tertiary/aromatic N) is 3. The molecule has 3 N–H and O–H groups in total. The first-order valence-corrected chi connectivity index (χ1v) is 11.2. The van der Waals surface area contributed by atoms with Crippen LogP contribution in [0, 0.1) is 5.82 Å². The van der Waals surface area contributed by atoms with Crippen LogP contribution in [0.25, 0.3) is 11.3 Å². The number of carbonyl (C=O) groups is 2. The molecule has 3 heterocycles. The van der Waals surface area contributed by atoms with Crippen molar-refractivity contribution in [3.8, 4) is 11.3 Å². The van der Waals surface area contributed by atoms with Crippen molar-refractivity contribution < 1.29 is 18.7 Å². The van der Waals surface area contributed by atoms with Crippen molar-refractivity contribution in [3.05, 3.63) is 29.3 Å². The van der Waals surface area contributed by atoms with E-state index < -0.39 is 11.9 Å². The van der Waals surface area contributed by atoms with Crippen LogP contribution in [0.5, 0.6) is 0 Å². The van der Waals surface area contributed by atoms with E-state index in [1.165, 1.54) is 0 Å². The molecular weight excluding hydrogens is 415 g/mol. The van der Waals surface area contributed by atoms with E-state index >= 15 is 4.39 Å². The molecule has 172 valence electrons. The van der Waals surface area contributed by atoms with Crippen molar-refractivity contribution in [3.63, 3.8) is 0 Å². The van der Waals surface area contributed by atoms with Crippen molar-refractivity contribution in [1.82, 2.24) is 25.4 Å². The third kappa shape index (κ3) is 4.53. The highest BCUT2D eigenvalue weighted by Crippen LogP contribution is 2.33. The molecule has 0 aromatic carbocycles. The fraction of sp³-hybridized carbons (Fsp3) is 0.545. The van der Waals surface area contributed by atoms with Gasteiger partial charge in [0, 0.05) is 37.0 Å². The lowest BCUT2D eigenvalue weighted by Gasteiger charge is -2.33. The highest BCUT2D eigenvalue weighted by molar-refractivity contribution is 6.04. The van der Waals surface area contributed by atoms with E-state index in [4.69, 9.17) is 4.74 Å². The summed E-state index contributed by atoms with van der Waals surface area (Å²) in [7, 11) is 1.77. The summed E-state index contributed by atoms with van der Waals surface area (Å²) < 4.78 is 22.2. The van der Waals surface area contributed by atoms with Crippen molar-refractivity contribution >= 4 is 17.8 Å². The number of halogens is 1. The van der Waals surface area contributed by atoms with Crippen molar-refractivity contribution in [2.45, 2.75) is 64.1 Å². The number of anilines is 1. The van der Waals surface area contributed by atoms with Crippen LogP contribution in [0.3, 0.4) is 0 Å². The zero-order valence-electron chi connectivity index (χ0n) is 18.4. The zero-order valence-corrected chi connectivity index (χ0v) is 18.4. The molecule has 2 amide bonds. The predicted octanol–water partition coefficient (Wildman–Crippen LogP) is 3.11. The van der Waals surface area contributed by atoms with E-state index in [0.717, 1.165) is 38.5 Å². The maximum atomic E-state index is 15.3. The number of unbranched alkanes of at least 4 members (excludes halogenated alkanes) is 1. The monoisotopic (exact) mass is 444 g/mol. The summed E-state index contributed by atoms with van der Waals surface area (Å²) in [5.41, 5.74) is 1.58. The molecule has 10 heteroatoms. The highest BCUT2D eigenvalue weighted by atomic mass is 19.1. The van der Waals surface area contributed by atoms with Crippen molar-refractivity contribution in [2.75, 3.05) is 11.9 Å².